The fourth-order valence-electron chi connectivity index (χ4n) is 2.80. The largest absolute Gasteiger partial charge is 0.493 e. The number of nitrogens with two attached hydrogens (primary N) is 1. The lowest BCUT2D eigenvalue weighted by molar-refractivity contribution is 0.318. The minimum atomic E-state index is -0.333. The van der Waals surface area contributed by atoms with Crippen LogP contribution in [0.3, 0.4) is 0 Å². The van der Waals surface area contributed by atoms with E-state index in [9.17, 15) is 4.79 Å². The summed E-state index contributed by atoms with van der Waals surface area (Å²) in [4.78, 5) is 19.9. The molecule has 0 amide bonds. The molecule has 0 aliphatic rings. The highest BCUT2D eigenvalue weighted by atomic mass is 16.5. The van der Waals surface area contributed by atoms with Gasteiger partial charge in [-0.2, -0.15) is 0 Å². The molecule has 6 nitrogen and oxygen atoms in total. The molecule has 0 radical (unpaired) electrons. The maximum absolute atomic E-state index is 12.5. The second kappa shape index (κ2) is 5.98. The van der Waals surface area contributed by atoms with Crippen molar-refractivity contribution in [3.63, 3.8) is 0 Å². The van der Waals surface area contributed by atoms with Crippen molar-refractivity contribution in [1.29, 1.82) is 0 Å². The normalized spacial score (nSPS) is 11.2. The van der Waals surface area contributed by atoms with Crippen LogP contribution in [0.1, 0.15) is 13.3 Å². The van der Waals surface area contributed by atoms with Gasteiger partial charge in [-0.1, -0.05) is 19.1 Å². The van der Waals surface area contributed by atoms with Gasteiger partial charge in [0.2, 0.25) is 5.58 Å². The van der Waals surface area contributed by atoms with Crippen molar-refractivity contribution >= 4 is 27.8 Å². The van der Waals surface area contributed by atoms with Crippen molar-refractivity contribution in [3.8, 4) is 17.1 Å². The van der Waals surface area contributed by atoms with Crippen LogP contribution in [0.4, 0.5) is 5.69 Å². The maximum atomic E-state index is 12.5. The van der Waals surface area contributed by atoms with Crippen molar-refractivity contribution in [2.45, 2.75) is 13.3 Å². The number of anilines is 1. The highest BCUT2D eigenvalue weighted by Gasteiger charge is 2.16. The van der Waals surface area contributed by atoms with Gasteiger partial charge in [0, 0.05) is 11.1 Å². The summed E-state index contributed by atoms with van der Waals surface area (Å²) in [6.45, 7) is 2.60. The predicted molar refractivity (Wildman–Crippen MR) is 97.8 cm³/mol. The summed E-state index contributed by atoms with van der Waals surface area (Å²) >= 11 is 0. The molecule has 2 aromatic carbocycles. The van der Waals surface area contributed by atoms with Crippen molar-refractivity contribution in [3.05, 3.63) is 52.8 Å². The standard InChI is InChI=1S/C19H17N3O3/c1-2-9-24-14-8-7-11(20)10-13(14)18-21-16-12-5-3-4-6-15(12)25-17(16)19(23)22-18/h3-8,10H,2,9,20H2,1H3,(H,21,22,23). The molecule has 25 heavy (non-hydrogen) atoms. The molecule has 0 saturated carbocycles. The van der Waals surface area contributed by atoms with E-state index in [0.717, 1.165) is 11.8 Å². The predicted octanol–water partition coefficient (Wildman–Crippen LogP) is 3.71. The molecule has 0 bridgehead atoms. The minimum absolute atomic E-state index is 0.213. The quantitative estimate of drug-likeness (QED) is 0.554. The van der Waals surface area contributed by atoms with Crippen LogP contribution in [0.15, 0.2) is 51.7 Å². The van der Waals surface area contributed by atoms with Gasteiger partial charge in [-0.3, -0.25) is 4.79 Å². The summed E-state index contributed by atoms with van der Waals surface area (Å²) in [5.41, 5.74) is 8.17. The van der Waals surface area contributed by atoms with E-state index >= 15 is 0 Å². The Bertz CT molecular complexity index is 1130. The molecule has 126 valence electrons. The SMILES string of the molecule is CCCOc1ccc(N)cc1-c1nc2c(oc3ccccc32)c(=O)[nH]1. The number of para-hydroxylation sites is 1. The molecule has 0 saturated heterocycles. The summed E-state index contributed by atoms with van der Waals surface area (Å²) < 4.78 is 11.4. The van der Waals surface area contributed by atoms with Crippen molar-refractivity contribution in [2.24, 2.45) is 0 Å². The number of hydrogen-bond acceptors (Lipinski definition) is 5. The van der Waals surface area contributed by atoms with Crippen LogP contribution >= 0.6 is 0 Å². The summed E-state index contributed by atoms with van der Waals surface area (Å²) in [5, 5.41) is 0.796. The van der Waals surface area contributed by atoms with E-state index in [2.05, 4.69) is 9.97 Å². The molecule has 2 heterocycles. The Morgan fingerprint density at radius 2 is 2.08 bits per heavy atom. The molecule has 6 heteroatoms. The molecule has 0 aliphatic heterocycles. The number of aromatic nitrogens is 2. The lowest BCUT2D eigenvalue weighted by Gasteiger charge is -2.11. The zero-order valence-electron chi connectivity index (χ0n) is 13.7. The van der Waals surface area contributed by atoms with E-state index in [1.807, 2.05) is 31.2 Å². The minimum Gasteiger partial charge on any atom is -0.493 e. The molecule has 0 fully saturated rings. The summed E-state index contributed by atoms with van der Waals surface area (Å²) in [7, 11) is 0. The first kappa shape index (κ1) is 15.3. The number of benzene rings is 2. The second-order valence-corrected chi connectivity index (χ2v) is 5.79. The Labute approximate surface area is 143 Å². The highest BCUT2D eigenvalue weighted by molar-refractivity contribution is 6.02. The zero-order chi connectivity index (χ0) is 17.4. The van der Waals surface area contributed by atoms with Gasteiger partial charge in [-0.25, -0.2) is 4.98 Å². The molecular weight excluding hydrogens is 318 g/mol. The maximum Gasteiger partial charge on any atom is 0.294 e. The van der Waals surface area contributed by atoms with E-state index in [4.69, 9.17) is 14.9 Å². The molecule has 4 rings (SSSR count). The topological polar surface area (TPSA) is 94.1 Å². The number of rotatable bonds is 4. The number of furan rings is 1. The Morgan fingerprint density at radius 1 is 1.24 bits per heavy atom. The lowest BCUT2D eigenvalue weighted by Crippen LogP contribution is -2.09. The summed E-state index contributed by atoms with van der Waals surface area (Å²) in [6.07, 6.45) is 0.874. The summed E-state index contributed by atoms with van der Waals surface area (Å²) in [6, 6.07) is 12.7. The number of ether oxygens (including phenoxy) is 1. The monoisotopic (exact) mass is 335 g/mol. The van der Waals surface area contributed by atoms with Gasteiger partial charge in [0.05, 0.1) is 12.2 Å². The smallest absolute Gasteiger partial charge is 0.294 e. The zero-order valence-corrected chi connectivity index (χ0v) is 13.7. The van der Waals surface area contributed by atoms with Crippen LogP contribution in [-0.4, -0.2) is 16.6 Å². The van der Waals surface area contributed by atoms with Crippen LogP contribution in [0.5, 0.6) is 5.75 Å². The number of fused-ring (bicyclic) bond motifs is 3. The third-order valence-corrected chi connectivity index (χ3v) is 3.95. The highest BCUT2D eigenvalue weighted by Crippen LogP contribution is 2.32. The van der Waals surface area contributed by atoms with E-state index in [1.54, 1.807) is 18.2 Å². The van der Waals surface area contributed by atoms with E-state index in [1.165, 1.54) is 0 Å². The molecule has 3 N–H and O–H groups in total. The van der Waals surface area contributed by atoms with E-state index < -0.39 is 0 Å². The Morgan fingerprint density at radius 3 is 2.92 bits per heavy atom. The van der Waals surface area contributed by atoms with Gasteiger partial charge in [0.15, 0.2) is 0 Å². The Hall–Kier alpha value is -3.28. The first-order chi connectivity index (χ1) is 12.2. The molecule has 4 aromatic rings. The molecular formula is C19H17N3O3. The molecule has 0 unspecified atom stereocenters. The lowest BCUT2D eigenvalue weighted by atomic mass is 10.1. The van der Waals surface area contributed by atoms with E-state index in [0.29, 0.717) is 40.5 Å². The fraction of sp³-hybridized carbons (Fsp3) is 0.158. The number of hydrogen-bond donors (Lipinski definition) is 2. The first-order valence-corrected chi connectivity index (χ1v) is 8.11. The Kier molecular flexibility index (Phi) is 3.65. The molecule has 0 spiro atoms. The van der Waals surface area contributed by atoms with Crippen LogP contribution in [0, 0.1) is 0 Å². The van der Waals surface area contributed by atoms with Crippen LogP contribution in [0.25, 0.3) is 33.5 Å². The average molecular weight is 335 g/mol. The van der Waals surface area contributed by atoms with Crippen LogP contribution in [0.2, 0.25) is 0 Å². The van der Waals surface area contributed by atoms with Gasteiger partial charge in [0.25, 0.3) is 5.56 Å². The third-order valence-electron chi connectivity index (χ3n) is 3.95. The number of H-pyrrole nitrogens is 1. The van der Waals surface area contributed by atoms with Gasteiger partial charge < -0.3 is 19.9 Å². The second-order valence-electron chi connectivity index (χ2n) is 5.79. The van der Waals surface area contributed by atoms with E-state index in [-0.39, 0.29) is 11.1 Å². The van der Waals surface area contributed by atoms with Gasteiger partial charge in [-0.15, -0.1) is 0 Å². The van der Waals surface area contributed by atoms with Gasteiger partial charge in [0.1, 0.15) is 22.7 Å². The number of nitrogen functional groups attached to an aromatic ring is 1. The molecule has 0 atom stereocenters. The number of nitrogens with zero attached hydrogens (tertiary/aromatic N) is 1. The molecule has 2 aromatic heterocycles. The Balaban J connectivity index is 1.97. The van der Waals surface area contributed by atoms with Crippen molar-refractivity contribution in [2.75, 3.05) is 12.3 Å². The fourth-order valence-corrected chi connectivity index (χ4v) is 2.80. The third kappa shape index (κ3) is 2.61. The first-order valence-electron chi connectivity index (χ1n) is 8.11. The number of nitrogens with one attached hydrogen (secondary N) is 1. The van der Waals surface area contributed by atoms with Crippen molar-refractivity contribution in [1.82, 2.24) is 9.97 Å². The summed E-state index contributed by atoms with van der Waals surface area (Å²) in [5.74, 6) is 1.04. The van der Waals surface area contributed by atoms with Crippen LogP contribution < -0.4 is 16.0 Å². The van der Waals surface area contributed by atoms with Gasteiger partial charge in [-0.05, 0) is 36.8 Å². The average Bonchev–Trinajstić information content (AvgIpc) is 3.00. The van der Waals surface area contributed by atoms with Crippen LogP contribution in [-0.2, 0) is 0 Å². The molecule has 0 aliphatic carbocycles. The van der Waals surface area contributed by atoms with Gasteiger partial charge >= 0.3 is 0 Å². The number of aromatic amines is 1. The van der Waals surface area contributed by atoms with Crippen molar-refractivity contribution < 1.29 is 9.15 Å².